The third-order valence-electron chi connectivity index (χ3n) is 4.64. The van der Waals surface area contributed by atoms with Crippen LogP contribution in [0, 0.1) is 0 Å². The smallest absolute Gasteiger partial charge is 0.223 e. The average Bonchev–Trinajstić information content (AvgIpc) is 3.09. The van der Waals surface area contributed by atoms with Crippen LogP contribution in [0.3, 0.4) is 0 Å². The van der Waals surface area contributed by atoms with E-state index in [0.717, 1.165) is 37.1 Å². The third-order valence-corrected chi connectivity index (χ3v) is 4.64. The molecule has 3 rings (SSSR count). The molecular formula is C19H27Cl2N3O2. The molecule has 1 amide bonds. The summed E-state index contributed by atoms with van der Waals surface area (Å²) in [7, 11) is 0. The van der Waals surface area contributed by atoms with E-state index in [1.165, 1.54) is 0 Å². The van der Waals surface area contributed by atoms with Gasteiger partial charge in [-0.25, -0.2) is 4.98 Å². The van der Waals surface area contributed by atoms with Crippen molar-refractivity contribution < 1.29 is 9.21 Å². The number of hydrogen-bond donors (Lipinski definition) is 1. The van der Waals surface area contributed by atoms with Crippen molar-refractivity contribution in [1.29, 1.82) is 0 Å². The fourth-order valence-electron chi connectivity index (χ4n) is 3.33. The molecule has 1 aliphatic rings. The van der Waals surface area contributed by atoms with Crippen LogP contribution in [0.25, 0.3) is 11.3 Å². The predicted octanol–water partition coefficient (Wildman–Crippen LogP) is 3.85. The Morgan fingerprint density at radius 3 is 2.73 bits per heavy atom. The van der Waals surface area contributed by atoms with E-state index in [4.69, 9.17) is 10.2 Å². The average molecular weight is 400 g/mol. The van der Waals surface area contributed by atoms with Crippen molar-refractivity contribution in [2.45, 2.75) is 51.1 Å². The molecule has 2 unspecified atom stereocenters. The maximum absolute atomic E-state index is 12.6. The molecule has 0 spiro atoms. The van der Waals surface area contributed by atoms with Crippen LogP contribution in [0.4, 0.5) is 0 Å². The van der Waals surface area contributed by atoms with E-state index in [0.29, 0.717) is 18.7 Å². The number of halogens is 2. The first-order chi connectivity index (χ1) is 11.6. The van der Waals surface area contributed by atoms with Crippen LogP contribution >= 0.6 is 24.8 Å². The first-order valence-electron chi connectivity index (χ1n) is 8.70. The molecule has 2 aromatic rings. The second-order valence-corrected chi connectivity index (χ2v) is 6.49. The van der Waals surface area contributed by atoms with Crippen LogP contribution < -0.4 is 5.73 Å². The lowest BCUT2D eigenvalue weighted by atomic mass is 9.96. The van der Waals surface area contributed by atoms with Crippen molar-refractivity contribution >= 4 is 30.7 Å². The summed E-state index contributed by atoms with van der Waals surface area (Å²) in [5.41, 5.74) is 7.04. The van der Waals surface area contributed by atoms with Gasteiger partial charge < -0.3 is 15.1 Å². The van der Waals surface area contributed by atoms with Gasteiger partial charge in [0.05, 0.1) is 6.20 Å². The summed E-state index contributed by atoms with van der Waals surface area (Å²) >= 11 is 0. The molecule has 1 aromatic carbocycles. The van der Waals surface area contributed by atoms with Crippen molar-refractivity contribution in [3.05, 3.63) is 42.4 Å². The molecule has 0 aliphatic carbocycles. The number of nitrogens with zero attached hydrogens (tertiary/aromatic N) is 2. The number of nitrogens with two attached hydrogens (primary N) is 1. The van der Waals surface area contributed by atoms with Crippen molar-refractivity contribution in [2.24, 2.45) is 5.73 Å². The number of likely N-dealkylation sites (tertiary alicyclic amines) is 1. The monoisotopic (exact) mass is 399 g/mol. The van der Waals surface area contributed by atoms with Crippen LogP contribution in [0.5, 0.6) is 0 Å². The molecule has 144 valence electrons. The molecule has 1 saturated heterocycles. The highest BCUT2D eigenvalue weighted by molar-refractivity contribution is 5.85. The zero-order chi connectivity index (χ0) is 16.9. The molecule has 2 N–H and O–H groups in total. The molecule has 2 atom stereocenters. The number of carbonyl (C=O) groups excluding carboxylic acids is 1. The Hall–Kier alpha value is -1.56. The maximum atomic E-state index is 12.6. The first-order valence-corrected chi connectivity index (χ1v) is 8.70. The van der Waals surface area contributed by atoms with Crippen LogP contribution in [-0.2, 0) is 11.2 Å². The minimum atomic E-state index is 0. The Labute approximate surface area is 167 Å². The van der Waals surface area contributed by atoms with E-state index in [1.54, 1.807) is 6.20 Å². The Balaban J connectivity index is 0.00000169. The highest BCUT2D eigenvalue weighted by Gasteiger charge is 2.28. The lowest BCUT2D eigenvalue weighted by Crippen LogP contribution is -2.51. The zero-order valence-electron chi connectivity index (χ0n) is 15.0. The van der Waals surface area contributed by atoms with Crippen LogP contribution in [0.1, 0.15) is 38.5 Å². The number of carbonyl (C=O) groups is 1. The van der Waals surface area contributed by atoms with Gasteiger partial charge in [0, 0.05) is 37.0 Å². The number of aromatic nitrogens is 1. The van der Waals surface area contributed by atoms with Gasteiger partial charge in [-0.2, -0.15) is 0 Å². The Bertz CT molecular complexity index is 676. The van der Waals surface area contributed by atoms with Gasteiger partial charge in [0.15, 0.2) is 11.7 Å². The molecule has 1 aromatic heterocycles. The summed E-state index contributed by atoms with van der Waals surface area (Å²) in [6.07, 6.45) is 5.87. The van der Waals surface area contributed by atoms with Crippen LogP contribution in [0.15, 0.2) is 40.9 Å². The summed E-state index contributed by atoms with van der Waals surface area (Å²) in [6, 6.07) is 10.0. The molecular weight excluding hydrogens is 373 g/mol. The molecule has 0 radical (unpaired) electrons. The topological polar surface area (TPSA) is 72.4 Å². The highest BCUT2D eigenvalue weighted by atomic mass is 35.5. The second kappa shape index (κ2) is 10.6. The lowest BCUT2D eigenvalue weighted by molar-refractivity contribution is -0.135. The standard InChI is InChI=1S/C19H25N3O2.2ClH/c1-14(20)16-9-5-6-12-22(16)19(23)11-10-18-21-13-17(24-18)15-7-3-2-4-8-15;;/h2-4,7-8,13-14,16H,5-6,9-12,20H2,1H3;2*1H. The van der Waals surface area contributed by atoms with Crippen LogP contribution in [0.2, 0.25) is 0 Å². The summed E-state index contributed by atoms with van der Waals surface area (Å²) in [5, 5.41) is 0. The molecule has 26 heavy (non-hydrogen) atoms. The van der Waals surface area contributed by atoms with Gasteiger partial charge in [0.2, 0.25) is 5.91 Å². The van der Waals surface area contributed by atoms with Gasteiger partial charge in [0.1, 0.15) is 0 Å². The van der Waals surface area contributed by atoms with Gasteiger partial charge in [-0.15, -0.1) is 24.8 Å². The van der Waals surface area contributed by atoms with Gasteiger partial charge in [-0.3, -0.25) is 4.79 Å². The van der Waals surface area contributed by atoms with Gasteiger partial charge in [-0.05, 0) is 26.2 Å². The van der Waals surface area contributed by atoms with E-state index in [9.17, 15) is 4.79 Å². The molecule has 0 saturated carbocycles. The highest BCUT2D eigenvalue weighted by Crippen LogP contribution is 2.22. The number of oxazole rings is 1. The SMILES string of the molecule is CC(N)C1CCCCN1C(=O)CCc1ncc(-c2ccccc2)o1.Cl.Cl. The largest absolute Gasteiger partial charge is 0.441 e. The molecule has 5 nitrogen and oxygen atoms in total. The van der Waals surface area contributed by atoms with E-state index >= 15 is 0 Å². The molecule has 7 heteroatoms. The minimum Gasteiger partial charge on any atom is -0.441 e. The van der Waals surface area contributed by atoms with E-state index < -0.39 is 0 Å². The lowest BCUT2D eigenvalue weighted by Gasteiger charge is -2.38. The number of rotatable bonds is 5. The number of benzene rings is 1. The van der Waals surface area contributed by atoms with Crippen molar-refractivity contribution in [3.8, 4) is 11.3 Å². The third kappa shape index (κ3) is 5.47. The molecule has 0 bridgehead atoms. The first kappa shape index (κ1) is 22.5. The van der Waals surface area contributed by atoms with Crippen molar-refractivity contribution in [3.63, 3.8) is 0 Å². The van der Waals surface area contributed by atoms with Crippen molar-refractivity contribution in [1.82, 2.24) is 9.88 Å². The van der Waals surface area contributed by atoms with Crippen LogP contribution in [-0.4, -0.2) is 34.4 Å². The van der Waals surface area contributed by atoms with Gasteiger partial charge in [-0.1, -0.05) is 30.3 Å². The molecule has 2 heterocycles. The summed E-state index contributed by atoms with van der Waals surface area (Å²) in [4.78, 5) is 18.8. The minimum absolute atomic E-state index is 0. The summed E-state index contributed by atoms with van der Waals surface area (Å²) in [6.45, 7) is 2.79. The van der Waals surface area contributed by atoms with Gasteiger partial charge in [0.25, 0.3) is 0 Å². The zero-order valence-corrected chi connectivity index (χ0v) is 16.6. The van der Waals surface area contributed by atoms with Gasteiger partial charge >= 0.3 is 0 Å². The maximum Gasteiger partial charge on any atom is 0.223 e. The summed E-state index contributed by atoms with van der Waals surface area (Å²) in [5.74, 6) is 1.50. The Morgan fingerprint density at radius 1 is 1.31 bits per heavy atom. The number of aryl methyl sites for hydroxylation is 1. The Kier molecular flexibility index (Phi) is 9.13. The Morgan fingerprint density at radius 2 is 2.04 bits per heavy atom. The molecule has 1 aliphatic heterocycles. The summed E-state index contributed by atoms with van der Waals surface area (Å²) < 4.78 is 5.78. The number of piperidine rings is 1. The van der Waals surface area contributed by atoms with E-state index in [1.807, 2.05) is 42.2 Å². The fourth-order valence-corrected chi connectivity index (χ4v) is 3.33. The van der Waals surface area contributed by atoms with Crippen molar-refractivity contribution in [2.75, 3.05) is 6.54 Å². The normalized spacial score (nSPS) is 17.8. The fraction of sp³-hybridized carbons (Fsp3) is 0.474. The predicted molar refractivity (Wildman–Crippen MR) is 108 cm³/mol. The molecule has 1 fully saturated rings. The second-order valence-electron chi connectivity index (χ2n) is 6.49. The number of amides is 1. The van der Waals surface area contributed by atoms with E-state index in [-0.39, 0.29) is 42.8 Å². The number of hydrogen-bond acceptors (Lipinski definition) is 4. The quantitative estimate of drug-likeness (QED) is 0.828. The van der Waals surface area contributed by atoms with E-state index in [2.05, 4.69) is 4.98 Å².